The van der Waals surface area contributed by atoms with Gasteiger partial charge in [-0.2, -0.15) is 0 Å². The molecule has 0 saturated heterocycles. The van der Waals surface area contributed by atoms with Crippen molar-refractivity contribution in [2.75, 3.05) is 0 Å². The third kappa shape index (κ3) is 4.32. The average Bonchev–Trinajstić information content (AvgIpc) is 3.89. The summed E-state index contributed by atoms with van der Waals surface area (Å²) in [6.45, 7) is 0. The zero-order valence-corrected chi connectivity index (χ0v) is 30.1. The Morgan fingerprint density at radius 1 is 0.296 bits per heavy atom. The molecular weight excluding hydrogens is 671 g/mol. The van der Waals surface area contributed by atoms with E-state index in [0.29, 0.717) is 0 Å². The molecule has 0 atom stereocenters. The number of hydrogen-bond donors (Lipinski definition) is 0. The summed E-state index contributed by atoms with van der Waals surface area (Å²) >= 11 is 1.87. The van der Waals surface area contributed by atoms with Crippen molar-refractivity contribution in [3.63, 3.8) is 0 Å². The van der Waals surface area contributed by atoms with Crippen LogP contribution in [-0.4, -0.2) is 4.57 Å². The summed E-state index contributed by atoms with van der Waals surface area (Å²) in [7, 11) is 0. The Bertz CT molecular complexity index is 3310. The van der Waals surface area contributed by atoms with Gasteiger partial charge in [0.05, 0.1) is 11.0 Å². The standard InChI is InChI=1S/C52H31NS/c1-2-10-32(11-3-1)34-12-8-13-35(28-34)33-20-24-38(25-21-33)53-47-26-22-36(37-23-27-50-44(29-37)41-16-6-7-19-49(41)54-50)30-46(47)52-43-18-9-17-42-39-14-4-5-15-40(39)45(51(42)43)31-48(52)53/h1-31H. The van der Waals surface area contributed by atoms with Crippen LogP contribution in [0.5, 0.6) is 0 Å². The molecule has 0 fully saturated rings. The smallest absolute Gasteiger partial charge is 0.0553 e. The van der Waals surface area contributed by atoms with E-state index in [0.717, 1.165) is 5.69 Å². The molecule has 1 aliphatic carbocycles. The van der Waals surface area contributed by atoms with Crippen molar-refractivity contribution < 1.29 is 0 Å². The molecule has 1 aliphatic rings. The van der Waals surface area contributed by atoms with Crippen molar-refractivity contribution in [1.82, 2.24) is 4.57 Å². The van der Waals surface area contributed by atoms with Gasteiger partial charge in [-0.1, -0.05) is 133 Å². The van der Waals surface area contributed by atoms with Crippen LogP contribution in [0.1, 0.15) is 0 Å². The highest BCUT2D eigenvalue weighted by atomic mass is 32.1. The fourth-order valence-corrected chi connectivity index (χ4v) is 10.1. The molecule has 0 saturated carbocycles. The minimum Gasteiger partial charge on any atom is -0.309 e. The number of thiophene rings is 1. The summed E-state index contributed by atoms with van der Waals surface area (Å²) in [5.74, 6) is 0. The van der Waals surface area contributed by atoms with Crippen LogP contribution in [0.4, 0.5) is 0 Å². The van der Waals surface area contributed by atoms with Crippen LogP contribution in [0.15, 0.2) is 188 Å². The maximum atomic E-state index is 2.48. The van der Waals surface area contributed by atoms with E-state index in [1.807, 2.05) is 11.3 Å². The lowest BCUT2D eigenvalue weighted by molar-refractivity contribution is 1.18. The molecule has 12 rings (SSSR count). The number of fused-ring (bicyclic) bond motifs is 10. The molecule has 0 spiro atoms. The maximum Gasteiger partial charge on any atom is 0.0553 e. The van der Waals surface area contributed by atoms with Gasteiger partial charge in [-0.15, -0.1) is 11.3 Å². The molecule has 2 aromatic heterocycles. The highest BCUT2D eigenvalue weighted by Crippen LogP contribution is 2.51. The molecule has 9 aromatic carbocycles. The van der Waals surface area contributed by atoms with Gasteiger partial charge in [0, 0.05) is 36.6 Å². The maximum absolute atomic E-state index is 2.48. The van der Waals surface area contributed by atoms with Crippen molar-refractivity contribution >= 4 is 64.1 Å². The highest BCUT2D eigenvalue weighted by Gasteiger charge is 2.25. The summed E-state index contributed by atoms with van der Waals surface area (Å²) in [5, 5.41) is 7.91. The van der Waals surface area contributed by atoms with Gasteiger partial charge >= 0.3 is 0 Å². The molecule has 1 nitrogen and oxygen atoms in total. The molecule has 2 heterocycles. The lowest BCUT2D eigenvalue weighted by Gasteiger charge is -2.12. The number of benzene rings is 9. The quantitative estimate of drug-likeness (QED) is 0.172. The van der Waals surface area contributed by atoms with Crippen molar-refractivity contribution in [3.8, 4) is 61.3 Å². The van der Waals surface area contributed by atoms with Crippen LogP contribution < -0.4 is 0 Å². The van der Waals surface area contributed by atoms with E-state index in [4.69, 9.17) is 0 Å². The normalized spacial score (nSPS) is 12.1. The summed E-state index contributed by atoms with van der Waals surface area (Å²) in [5.41, 5.74) is 16.2. The van der Waals surface area contributed by atoms with Gasteiger partial charge in [-0.05, 0) is 121 Å². The summed E-state index contributed by atoms with van der Waals surface area (Å²) in [6.07, 6.45) is 0. The van der Waals surface area contributed by atoms with E-state index < -0.39 is 0 Å². The zero-order chi connectivity index (χ0) is 35.3. The topological polar surface area (TPSA) is 4.93 Å². The first-order chi connectivity index (χ1) is 26.8. The van der Waals surface area contributed by atoms with Crippen molar-refractivity contribution in [2.24, 2.45) is 0 Å². The first-order valence-corrected chi connectivity index (χ1v) is 19.4. The summed E-state index contributed by atoms with van der Waals surface area (Å²) in [6, 6.07) is 69.7. The molecule has 0 bridgehead atoms. The second-order valence-corrected chi connectivity index (χ2v) is 15.5. The molecule has 0 N–H and O–H groups in total. The fraction of sp³-hybridized carbons (Fsp3) is 0. The van der Waals surface area contributed by atoms with E-state index in [1.54, 1.807) is 0 Å². The summed E-state index contributed by atoms with van der Waals surface area (Å²) < 4.78 is 5.15. The van der Waals surface area contributed by atoms with Crippen molar-refractivity contribution in [3.05, 3.63) is 188 Å². The Kier molecular flexibility index (Phi) is 6.28. The number of rotatable bonds is 4. The molecule has 0 radical (unpaired) electrons. The first-order valence-electron chi connectivity index (χ1n) is 18.6. The molecule has 0 amide bonds. The molecule has 250 valence electrons. The second-order valence-electron chi connectivity index (χ2n) is 14.5. The van der Waals surface area contributed by atoms with Crippen molar-refractivity contribution in [2.45, 2.75) is 0 Å². The average molecular weight is 702 g/mol. The number of nitrogens with zero attached hydrogens (tertiary/aromatic N) is 1. The SMILES string of the molecule is c1ccc(-c2cccc(-c3ccc(-n4c5ccc(-c6ccc7sc8ccccc8c7c6)cc5c5c6cccc7c6c(cc54)-c4ccccc4-7)cc3)c2)cc1. The largest absolute Gasteiger partial charge is 0.309 e. The third-order valence-electron chi connectivity index (χ3n) is 11.5. The Labute approximate surface area is 316 Å². The van der Waals surface area contributed by atoms with E-state index >= 15 is 0 Å². The number of hydrogen-bond acceptors (Lipinski definition) is 1. The third-order valence-corrected chi connectivity index (χ3v) is 12.7. The van der Waals surface area contributed by atoms with E-state index in [2.05, 4.69) is 193 Å². The minimum absolute atomic E-state index is 1.16. The van der Waals surface area contributed by atoms with Crippen LogP contribution in [0.3, 0.4) is 0 Å². The van der Waals surface area contributed by atoms with Gasteiger partial charge in [0.1, 0.15) is 0 Å². The van der Waals surface area contributed by atoms with Gasteiger partial charge < -0.3 is 4.57 Å². The predicted molar refractivity (Wildman–Crippen MR) is 232 cm³/mol. The predicted octanol–water partition coefficient (Wildman–Crippen LogP) is 15.0. The Balaban J connectivity index is 1.08. The second kappa shape index (κ2) is 11.4. The fourth-order valence-electron chi connectivity index (χ4n) is 9.06. The Morgan fingerprint density at radius 3 is 1.70 bits per heavy atom. The van der Waals surface area contributed by atoms with Crippen molar-refractivity contribution in [1.29, 1.82) is 0 Å². The molecule has 2 heteroatoms. The van der Waals surface area contributed by atoms with E-state index in [-0.39, 0.29) is 0 Å². The first kappa shape index (κ1) is 29.8. The lowest BCUT2D eigenvalue weighted by atomic mass is 9.96. The van der Waals surface area contributed by atoms with Crippen LogP contribution >= 0.6 is 11.3 Å². The van der Waals surface area contributed by atoms with Gasteiger partial charge in [0.2, 0.25) is 0 Å². The van der Waals surface area contributed by atoms with Gasteiger partial charge in [0.25, 0.3) is 0 Å². The number of aromatic nitrogens is 1. The molecule has 54 heavy (non-hydrogen) atoms. The molecule has 0 unspecified atom stereocenters. The molecular formula is C52H31NS. The van der Waals surface area contributed by atoms with Gasteiger partial charge in [0.15, 0.2) is 0 Å². The van der Waals surface area contributed by atoms with Crippen LogP contribution in [-0.2, 0) is 0 Å². The summed E-state index contributed by atoms with van der Waals surface area (Å²) in [4.78, 5) is 0. The molecule has 0 aliphatic heterocycles. The van der Waals surface area contributed by atoms with Crippen LogP contribution in [0.2, 0.25) is 0 Å². The van der Waals surface area contributed by atoms with Gasteiger partial charge in [-0.3, -0.25) is 0 Å². The monoisotopic (exact) mass is 701 g/mol. The Hall–Kier alpha value is -6.74. The van der Waals surface area contributed by atoms with Gasteiger partial charge in [-0.25, -0.2) is 0 Å². The Morgan fingerprint density at radius 2 is 0.870 bits per heavy atom. The van der Waals surface area contributed by atoms with E-state index in [1.165, 1.54) is 108 Å². The highest BCUT2D eigenvalue weighted by molar-refractivity contribution is 7.25. The zero-order valence-electron chi connectivity index (χ0n) is 29.3. The van der Waals surface area contributed by atoms with E-state index in [9.17, 15) is 0 Å². The molecule has 11 aromatic rings. The van der Waals surface area contributed by atoms with Crippen LogP contribution in [0, 0.1) is 0 Å². The minimum atomic E-state index is 1.16. The lowest BCUT2D eigenvalue weighted by Crippen LogP contribution is -1.94. The van der Waals surface area contributed by atoms with Crippen LogP contribution in [0.25, 0.3) is 114 Å².